The standard InChI is InChI=1S/C11H23Cl/c1-6-11(7-2,8-12)10(5)9(3)4/h9-10H,6-8H2,1-5H3. The minimum atomic E-state index is 0.371. The number of hydrogen-bond donors (Lipinski definition) is 0. The van der Waals surface area contributed by atoms with Gasteiger partial charge in [0.25, 0.3) is 0 Å². The van der Waals surface area contributed by atoms with Gasteiger partial charge in [-0.3, -0.25) is 0 Å². The molecule has 0 fully saturated rings. The molecule has 0 rings (SSSR count). The quantitative estimate of drug-likeness (QED) is 0.567. The first-order chi connectivity index (χ1) is 5.54. The molecule has 0 aromatic heterocycles. The maximum absolute atomic E-state index is 6.06. The summed E-state index contributed by atoms with van der Waals surface area (Å²) in [5, 5.41) is 0. The van der Waals surface area contributed by atoms with Crippen LogP contribution < -0.4 is 0 Å². The van der Waals surface area contributed by atoms with Crippen LogP contribution in [0.15, 0.2) is 0 Å². The third kappa shape index (κ3) is 2.39. The van der Waals surface area contributed by atoms with E-state index in [0.717, 1.165) is 17.7 Å². The molecular weight excluding hydrogens is 168 g/mol. The summed E-state index contributed by atoms with van der Waals surface area (Å²) in [5.41, 5.74) is 0.371. The van der Waals surface area contributed by atoms with E-state index in [1.165, 1.54) is 12.8 Å². The minimum Gasteiger partial charge on any atom is -0.126 e. The number of rotatable bonds is 5. The zero-order valence-electron chi connectivity index (χ0n) is 9.15. The van der Waals surface area contributed by atoms with E-state index in [0.29, 0.717) is 5.41 Å². The predicted octanol–water partition coefficient (Wildman–Crippen LogP) is 4.32. The maximum atomic E-state index is 6.06. The van der Waals surface area contributed by atoms with Gasteiger partial charge in [0.2, 0.25) is 0 Å². The molecule has 0 aliphatic heterocycles. The van der Waals surface area contributed by atoms with Crippen molar-refractivity contribution in [3.05, 3.63) is 0 Å². The molecule has 0 amide bonds. The van der Waals surface area contributed by atoms with Gasteiger partial charge in [-0.1, -0.05) is 34.6 Å². The normalized spacial score (nSPS) is 15.2. The predicted molar refractivity (Wildman–Crippen MR) is 57.7 cm³/mol. The topological polar surface area (TPSA) is 0 Å². The fraction of sp³-hybridized carbons (Fsp3) is 1.00. The fourth-order valence-electron chi connectivity index (χ4n) is 1.91. The molecule has 0 saturated carbocycles. The molecule has 0 heterocycles. The summed E-state index contributed by atoms with van der Waals surface area (Å²) in [6.07, 6.45) is 2.40. The Morgan fingerprint density at radius 2 is 1.50 bits per heavy atom. The summed E-state index contributed by atoms with van der Waals surface area (Å²) in [6.45, 7) is 11.4. The second-order valence-corrected chi connectivity index (χ2v) is 4.50. The van der Waals surface area contributed by atoms with Crippen LogP contribution in [0, 0.1) is 17.3 Å². The van der Waals surface area contributed by atoms with Crippen molar-refractivity contribution in [2.24, 2.45) is 17.3 Å². The molecular formula is C11H23Cl. The highest BCUT2D eigenvalue weighted by Gasteiger charge is 2.33. The van der Waals surface area contributed by atoms with Crippen LogP contribution >= 0.6 is 11.6 Å². The van der Waals surface area contributed by atoms with Gasteiger partial charge in [-0.2, -0.15) is 0 Å². The Hall–Kier alpha value is 0.290. The smallest absolute Gasteiger partial charge is 0.0282 e. The first kappa shape index (κ1) is 12.3. The van der Waals surface area contributed by atoms with Crippen LogP contribution in [0.1, 0.15) is 47.5 Å². The number of alkyl halides is 1. The Labute approximate surface area is 82.7 Å². The van der Waals surface area contributed by atoms with E-state index in [-0.39, 0.29) is 0 Å². The van der Waals surface area contributed by atoms with Crippen molar-refractivity contribution < 1.29 is 0 Å². The Morgan fingerprint density at radius 1 is 1.08 bits per heavy atom. The van der Waals surface area contributed by atoms with Crippen LogP contribution in [0.4, 0.5) is 0 Å². The zero-order chi connectivity index (χ0) is 9.78. The van der Waals surface area contributed by atoms with Crippen LogP contribution in [0.25, 0.3) is 0 Å². The summed E-state index contributed by atoms with van der Waals surface area (Å²) in [7, 11) is 0. The van der Waals surface area contributed by atoms with Crippen molar-refractivity contribution in [1.29, 1.82) is 0 Å². The van der Waals surface area contributed by atoms with Gasteiger partial charge < -0.3 is 0 Å². The third-order valence-corrected chi connectivity index (χ3v) is 4.17. The van der Waals surface area contributed by atoms with Gasteiger partial charge in [-0.05, 0) is 30.1 Å². The van der Waals surface area contributed by atoms with Crippen LogP contribution in [0.2, 0.25) is 0 Å². The van der Waals surface area contributed by atoms with Crippen LogP contribution in [-0.2, 0) is 0 Å². The van der Waals surface area contributed by atoms with Gasteiger partial charge in [-0.25, -0.2) is 0 Å². The SMILES string of the molecule is CCC(CC)(CCl)C(C)C(C)C. The highest BCUT2D eigenvalue weighted by atomic mass is 35.5. The number of hydrogen-bond acceptors (Lipinski definition) is 0. The zero-order valence-corrected chi connectivity index (χ0v) is 9.91. The van der Waals surface area contributed by atoms with E-state index >= 15 is 0 Å². The first-order valence-electron chi connectivity index (χ1n) is 5.10. The average Bonchev–Trinajstić information content (AvgIpc) is 2.08. The van der Waals surface area contributed by atoms with Gasteiger partial charge in [0, 0.05) is 5.88 Å². The van der Waals surface area contributed by atoms with Crippen LogP contribution in [-0.4, -0.2) is 5.88 Å². The van der Waals surface area contributed by atoms with E-state index in [1.54, 1.807) is 0 Å². The molecule has 0 spiro atoms. The molecule has 0 bridgehead atoms. The Balaban J connectivity index is 4.46. The summed E-state index contributed by atoms with van der Waals surface area (Å²) in [4.78, 5) is 0. The lowest BCUT2D eigenvalue weighted by molar-refractivity contribution is 0.142. The van der Waals surface area contributed by atoms with Crippen molar-refractivity contribution in [3.63, 3.8) is 0 Å². The molecule has 12 heavy (non-hydrogen) atoms. The van der Waals surface area contributed by atoms with Gasteiger partial charge in [0.15, 0.2) is 0 Å². The lowest BCUT2D eigenvalue weighted by atomic mass is 9.69. The van der Waals surface area contributed by atoms with E-state index < -0.39 is 0 Å². The molecule has 0 radical (unpaired) electrons. The van der Waals surface area contributed by atoms with E-state index in [4.69, 9.17) is 11.6 Å². The lowest BCUT2D eigenvalue weighted by Crippen LogP contribution is -2.32. The third-order valence-electron chi connectivity index (χ3n) is 3.64. The molecule has 0 aliphatic rings. The molecule has 0 aromatic rings. The highest BCUT2D eigenvalue weighted by Crippen LogP contribution is 2.40. The molecule has 1 atom stereocenters. The Morgan fingerprint density at radius 3 is 1.58 bits per heavy atom. The average molecular weight is 191 g/mol. The second kappa shape index (κ2) is 5.11. The van der Waals surface area contributed by atoms with Gasteiger partial charge >= 0.3 is 0 Å². The van der Waals surface area contributed by atoms with Crippen molar-refractivity contribution in [1.82, 2.24) is 0 Å². The van der Waals surface area contributed by atoms with Gasteiger partial charge in [0.05, 0.1) is 0 Å². The van der Waals surface area contributed by atoms with E-state index in [2.05, 4.69) is 34.6 Å². The van der Waals surface area contributed by atoms with Crippen molar-refractivity contribution in [2.75, 3.05) is 5.88 Å². The first-order valence-corrected chi connectivity index (χ1v) is 5.63. The van der Waals surface area contributed by atoms with Crippen molar-refractivity contribution in [2.45, 2.75) is 47.5 Å². The molecule has 1 heteroatoms. The molecule has 74 valence electrons. The Kier molecular flexibility index (Phi) is 5.24. The summed E-state index contributed by atoms with van der Waals surface area (Å²) < 4.78 is 0. The summed E-state index contributed by atoms with van der Waals surface area (Å²) >= 11 is 6.06. The molecule has 0 N–H and O–H groups in total. The minimum absolute atomic E-state index is 0.371. The summed E-state index contributed by atoms with van der Waals surface area (Å²) in [6, 6.07) is 0. The molecule has 0 saturated heterocycles. The monoisotopic (exact) mass is 190 g/mol. The molecule has 0 aliphatic carbocycles. The fourth-order valence-corrected chi connectivity index (χ4v) is 2.53. The van der Waals surface area contributed by atoms with Crippen molar-refractivity contribution >= 4 is 11.6 Å². The second-order valence-electron chi connectivity index (χ2n) is 4.24. The van der Waals surface area contributed by atoms with Gasteiger partial charge in [0.1, 0.15) is 0 Å². The highest BCUT2D eigenvalue weighted by molar-refractivity contribution is 6.18. The van der Waals surface area contributed by atoms with Crippen molar-refractivity contribution in [3.8, 4) is 0 Å². The maximum Gasteiger partial charge on any atom is 0.0282 e. The number of halogens is 1. The lowest BCUT2D eigenvalue weighted by Gasteiger charge is -2.38. The molecule has 0 aromatic carbocycles. The van der Waals surface area contributed by atoms with Crippen LogP contribution in [0.3, 0.4) is 0 Å². The van der Waals surface area contributed by atoms with Gasteiger partial charge in [-0.15, -0.1) is 11.6 Å². The van der Waals surface area contributed by atoms with E-state index in [9.17, 15) is 0 Å². The summed E-state index contributed by atoms with van der Waals surface area (Å²) in [5.74, 6) is 2.27. The molecule has 0 nitrogen and oxygen atoms in total. The van der Waals surface area contributed by atoms with E-state index in [1.807, 2.05) is 0 Å². The largest absolute Gasteiger partial charge is 0.126 e. The molecule has 1 unspecified atom stereocenters. The Bertz CT molecular complexity index is 106. The van der Waals surface area contributed by atoms with Crippen LogP contribution in [0.5, 0.6) is 0 Å².